The van der Waals surface area contributed by atoms with E-state index in [-0.39, 0.29) is 24.0 Å². The molecule has 2 saturated heterocycles. The lowest BCUT2D eigenvalue weighted by molar-refractivity contribution is -0.137. The first kappa shape index (κ1) is 34.0. The van der Waals surface area contributed by atoms with Gasteiger partial charge >= 0.3 is 0 Å². The van der Waals surface area contributed by atoms with Crippen molar-refractivity contribution in [2.45, 2.75) is 64.7 Å². The van der Waals surface area contributed by atoms with Crippen LogP contribution in [0.15, 0.2) is 50.2 Å². The number of fused-ring (bicyclic) bond motifs is 3. The lowest BCUT2D eigenvalue weighted by Crippen LogP contribution is -2.40. The highest BCUT2D eigenvalue weighted by molar-refractivity contribution is 9.10. The van der Waals surface area contributed by atoms with Crippen LogP contribution < -0.4 is 10.5 Å². The zero-order valence-electron chi connectivity index (χ0n) is 26.1. The Bertz CT molecular complexity index is 1650. The third-order valence-electron chi connectivity index (χ3n) is 8.00. The highest BCUT2D eigenvalue weighted by atomic mass is 79.9. The molecule has 2 aliphatic heterocycles. The van der Waals surface area contributed by atoms with Gasteiger partial charge in [0, 0.05) is 60.8 Å². The van der Waals surface area contributed by atoms with Gasteiger partial charge in [-0.25, -0.2) is 9.97 Å². The summed E-state index contributed by atoms with van der Waals surface area (Å²) in [5, 5.41) is 8.12. The molecule has 2 fully saturated rings. The van der Waals surface area contributed by atoms with E-state index in [0.717, 1.165) is 88.9 Å². The molecule has 0 aliphatic carbocycles. The number of carbonyl (C=O) groups is 1. The number of ether oxygens (including phenoxy) is 1. The van der Waals surface area contributed by atoms with Gasteiger partial charge in [-0.2, -0.15) is 0 Å². The van der Waals surface area contributed by atoms with Crippen LogP contribution in [-0.4, -0.2) is 70.3 Å². The van der Waals surface area contributed by atoms with Crippen LogP contribution in [0.3, 0.4) is 0 Å². The van der Waals surface area contributed by atoms with E-state index in [9.17, 15) is 9.59 Å². The third-order valence-corrected chi connectivity index (χ3v) is 8.46. The number of unbranched alkanes of at least 4 members (excludes halogenated alkanes) is 1. The minimum Gasteiger partial charge on any atom is -0.462 e. The number of aryl methyl sites for hydroxylation is 1. The molecule has 0 atom stereocenters. The summed E-state index contributed by atoms with van der Waals surface area (Å²) in [6, 6.07) is 9.92. The maximum atomic E-state index is 12.7. The van der Waals surface area contributed by atoms with Crippen LogP contribution in [0, 0.1) is 12.5 Å². The number of aliphatic hydroxyl groups excluding tert-OH is 1. The smallest absolute Gasteiger partial charge is 0.251 e. The van der Waals surface area contributed by atoms with Crippen molar-refractivity contribution in [3.05, 3.63) is 62.7 Å². The number of likely N-dealkylation sites (tertiary alicyclic amines) is 1. The van der Waals surface area contributed by atoms with Crippen LogP contribution >= 0.6 is 15.9 Å². The first-order valence-corrected chi connectivity index (χ1v) is 16.5. The number of carbonyl (C=O) groups excluding carboxylic acids is 1. The molecule has 0 radical (unpaired) electrons. The molecule has 0 saturated carbocycles. The summed E-state index contributed by atoms with van der Waals surface area (Å²) in [5.74, 6) is 1.91. The maximum Gasteiger partial charge on any atom is 0.251 e. The number of hydrogen-bond acceptors (Lipinski definition) is 8. The van der Waals surface area contributed by atoms with E-state index in [2.05, 4.69) is 38.3 Å². The van der Waals surface area contributed by atoms with Crippen LogP contribution in [0.1, 0.15) is 69.7 Å². The van der Waals surface area contributed by atoms with E-state index >= 15 is 0 Å². The molecule has 240 valence electrons. The van der Waals surface area contributed by atoms with Crippen LogP contribution in [0.2, 0.25) is 0 Å². The molecular weight excluding hydrogens is 638 g/mol. The number of furan rings is 1. The zero-order valence-corrected chi connectivity index (χ0v) is 27.6. The van der Waals surface area contributed by atoms with Crippen molar-refractivity contribution in [3.8, 4) is 12.5 Å². The van der Waals surface area contributed by atoms with E-state index in [1.807, 2.05) is 43.0 Å². The Morgan fingerprint density at radius 1 is 1.16 bits per heavy atom. The predicted octanol–water partition coefficient (Wildman–Crippen LogP) is 6.15. The molecule has 0 unspecified atom stereocenters. The Hall–Kier alpha value is -3.88. The molecule has 3 aromatic heterocycles. The Kier molecular flexibility index (Phi) is 12.8. The largest absolute Gasteiger partial charge is 0.462 e. The number of rotatable bonds is 9. The van der Waals surface area contributed by atoms with Gasteiger partial charge in [0.25, 0.3) is 5.56 Å². The number of anilines is 1. The van der Waals surface area contributed by atoms with Gasteiger partial charge in [0.15, 0.2) is 11.4 Å². The Morgan fingerprint density at radius 3 is 2.60 bits per heavy atom. The number of amides is 1. The molecule has 2 N–H and O–H groups in total. The number of halogens is 1. The van der Waals surface area contributed by atoms with Crippen molar-refractivity contribution in [2.75, 3.05) is 44.3 Å². The van der Waals surface area contributed by atoms with Crippen LogP contribution in [-0.2, 0) is 16.0 Å². The van der Waals surface area contributed by atoms with Gasteiger partial charge in [0.2, 0.25) is 5.91 Å². The second kappa shape index (κ2) is 17.0. The lowest BCUT2D eigenvalue weighted by atomic mass is 9.90. The quantitative estimate of drug-likeness (QED) is 0.160. The summed E-state index contributed by atoms with van der Waals surface area (Å²) in [6.07, 6.45) is 13.4. The molecule has 45 heavy (non-hydrogen) atoms. The fourth-order valence-electron chi connectivity index (χ4n) is 5.83. The summed E-state index contributed by atoms with van der Waals surface area (Å²) in [7, 11) is 0. The molecule has 5 heterocycles. The fourth-order valence-corrected chi connectivity index (χ4v) is 6.19. The summed E-state index contributed by atoms with van der Waals surface area (Å²) in [5.41, 5.74) is 3.24. The van der Waals surface area contributed by atoms with E-state index < -0.39 is 0 Å². The minimum atomic E-state index is -0.0491. The highest BCUT2D eigenvalue weighted by Gasteiger charge is 2.26. The molecular formula is C34H42BrN5O5. The first-order chi connectivity index (χ1) is 22.0. The number of terminal acetylenes is 1. The number of aromatic nitrogens is 3. The highest BCUT2D eigenvalue weighted by Crippen LogP contribution is 2.34. The van der Waals surface area contributed by atoms with Crippen molar-refractivity contribution in [1.29, 1.82) is 0 Å². The lowest BCUT2D eigenvalue weighted by Gasteiger charge is -2.31. The predicted molar refractivity (Wildman–Crippen MR) is 180 cm³/mol. The molecule has 1 aromatic carbocycles. The van der Waals surface area contributed by atoms with Crippen LogP contribution in [0.4, 0.5) is 5.82 Å². The zero-order chi connectivity index (χ0) is 32.2. The molecule has 6 rings (SSSR count). The van der Waals surface area contributed by atoms with Crippen molar-refractivity contribution in [2.24, 2.45) is 0 Å². The normalized spacial score (nSPS) is 14.9. The SMILES string of the molecule is C#CO.CC.O=C(COCCCCc1nc(N2CCCC2)c2oc3ccccc3c2n1)N1CCC(c2cc(Br)c[nH]c2=O)CC1. The van der Waals surface area contributed by atoms with Gasteiger partial charge in [-0.15, -0.1) is 0 Å². The second-order valence-electron chi connectivity index (χ2n) is 10.8. The van der Waals surface area contributed by atoms with E-state index in [0.29, 0.717) is 19.7 Å². The molecule has 1 amide bonds. The van der Waals surface area contributed by atoms with Gasteiger partial charge in [-0.05, 0) is 78.6 Å². The fraction of sp³-hybridized carbons (Fsp3) is 0.471. The number of benzene rings is 1. The Morgan fingerprint density at radius 2 is 1.87 bits per heavy atom. The maximum absolute atomic E-state index is 12.7. The molecule has 0 bridgehead atoms. The van der Waals surface area contributed by atoms with E-state index in [1.165, 1.54) is 18.9 Å². The molecule has 4 aromatic rings. The second-order valence-corrected chi connectivity index (χ2v) is 11.7. The van der Waals surface area contributed by atoms with Crippen molar-refractivity contribution < 1.29 is 19.1 Å². The first-order valence-electron chi connectivity index (χ1n) is 15.7. The molecule has 11 heteroatoms. The standard InChI is InChI=1S/C30H34BrN5O4.C2H2O.C2H6/c31-21-17-23(30(38)32-18-21)20-10-14-35(15-11-20)26(37)19-39-16-6-3-9-25-33-27-22-7-1-2-8-24(22)40-28(27)29(34-25)36-12-4-5-13-36;1-2-3;1-2/h1-2,7-8,17-18,20H,3-6,9-16,19H2,(H,32,38);1,3H;1-2H3. The molecule has 10 nitrogen and oxygen atoms in total. The Balaban J connectivity index is 0.000000871. The monoisotopic (exact) mass is 679 g/mol. The summed E-state index contributed by atoms with van der Waals surface area (Å²) >= 11 is 3.43. The molecule has 0 spiro atoms. The topological polar surface area (TPSA) is 125 Å². The number of aliphatic hydroxyl groups is 1. The minimum absolute atomic E-state index is 0.0116. The number of para-hydroxylation sites is 1. The number of piperidine rings is 1. The number of aromatic amines is 1. The summed E-state index contributed by atoms with van der Waals surface area (Å²) in [4.78, 5) is 41.6. The number of pyridine rings is 1. The van der Waals surface area contributed by atoms with Crippen molar-refractivity contribution in [3.63, 3.8) is 0 Å². The van der Waals surface area contributed by atoms with Crippen molar-refractivity contribution >= 4 is 49.7 Å². The van der Waals surface area contributed by atoms with E-state index in [4.69, 9.17) is 24.2 Å². The average Bonchev–Trinajstić information content (AvgIpc) is 3.74. The van der Waals surface area contributed by atoms with Crippen LogP contribution in [0.25, 0.3) is 22.1 Å². The summed E-state index contributed by atoms with van der Waals surface area (Å²) < 4.78 is 12.8. The van der Waals surface area contributed by atoms with Gasteiger partial charge in [-0.3, -0.25) is 9.59 Å². The average molecular weight is 681 g/mol. The third kappa shape index (κ3) is 8.65. The van der Waals surface area contributed by atoms with Crippen LogP contribution in [0.5, 0.6) is 0 Å². The van der Waals surface area contributed by atoms with Gasteiger partial charge < -0.3 is 29.0 Å². The van der Waals surface area contributed by atoms with E-state index in [1.54, 1.807) is 6.20 Å². The number of nitrogens with one attached hydrogen (secondary N) is 1. The Labute approximate surface area is 272 Å². The van der Waals surface area contributed by atoms with Gasteiger partial charge in [0.1, 0.15) is 29.6 Å². The van der Waals surface area contributed by atoms with Gasteiger partial charge in [-0.1, -0.05) is 32.4 Å². The van der Waals surface area contributed by atoms with Gasteiger partial charge in [0.05, 0.1) is 0 Å². The van der Waals surface area contributed by atoms with Crippen molar-refractivity contribution in [1.82, 2.24) is 19.9 Å². The number of H-pyrrole nitrogens is 1. The number of hydrogen-bond donors (Lipinski definition) is 2. The molecule has 2 aliphatic rings. The summed E-state index contributed by atoms with van der Waals surface area (Å²) in [6.45, 7) is 7.87. The number of nitrogens with zero attached hydrogens (tertiary/aromatic N) is 4.